The Bertz CT molecular complexity index is 1090. The molecule has 166 valence electrons. The number of rotatable bonds is 5. The Morgan fingerprint density at radius 1 is 1.09 bits per heavy atom. The molecule has 1 aliphatic carbocycles. The first-order valence-electron chi connectivity index (χ1n) is 10.6. The highest BCUT2D eigenvalue weighted by Crippen LogP contribution is 2.46. The van der Waals surface area contributed by atoms with Crippen LogP contribution in [0.3, 0.4) is 0 Å². The van der Waals surface area contributed by atoms with Gasteiger partial charge in [-0.25, -0.2) is 0 Å². The molecule has 4 rings (SSSR count). The van der Waals surface area contributed by atoms with Crippen molar-refractivity contribution in [1.29, 1.82) is 0 Å². The van der Waals surface area contributed by atoms with Crippen molar-refractivity contribution >= 4 is 17.7 Å². The summed E-state index contributed by atoms with van der Waals surface area (Å²) < 4.78 is 10.5. The Morgan fingerprint density at radius 3 is 2.53 bits per heavy atom. The van der Waals surface area contributed by atoms with Crippen LogP contribution < -0.4 is 10.1 Å². The summed E-state index contributed by atoms with van der Waals surface area (Å²) in [7, 11) is 1.43. The Morgan fingerprint density at radius 2 is 1.84 bits per heavy atom. The fourth-order valence-electron chi connectivity index (χ4n) is 4.66. The maximum Gasteiger partial charge on any atom is 0.317 e. The zero-order chi connectivity index (χ0) is 22.8. The number of ether oxygens (including phenoxy) is 2. The van der Waals surface area contributed by atoms with Gasteiger partial charge in [-0.15, -0.1) is 0 Å². The molecular formula is C25H25NO6. The standard InChI is InChI=1S/C25H25NO6/c1-3-32-25(30)23-16(14-7-5-4-6-8-14)12-18-22(24(23)29)17(13-21(28)26-18)15-9-10-19(27)20(11-15)31-2/h4-11,16-17,23,27H,3,12-13H2,1-2H3,(H,26,28)/t16-,17-,23-/m1/s1. The molecular weight excluding hydrogens is 410 g/mol. The number of amides is 1. The maximum atomic E-state index is 13.8. The first kappa shape index (κ1) is 21.6. The Balaban J connectivity index is 1.82. The Kier molecular flexibility index (Phi) is 5.99. The molecule has 2 N–H and O–H groups in total. The van der Waals surface area contributed by atoms with Gasteiger partial charge in [-0.2, -0.15) is 0 Å². The smallest absolute Gasteiger partial charge is 0.317 e. The molecule has 3 atom stereocenters. The van der Waals surface area contributed by atoms with Crippen LogP contribution in [0.2, 0.25) is 0 Å². The van der Waals surface area contributed by atoms with E-state index in [4.69, 9.17) is 9.47 Å². The molecule has 0 bridgehead atoms. The van der Waals surface area contributed by atoms with Crippen LogP contribution in [0.25, 0.3) is 0 Å². The van der Waals surface area contributed by atoms with Gasteiger partial charge in [-0.1, -0.05) is 36.4 Å². The van der Waals surface area contributed by atoms with E-state index in [1.165, 1.54) is 13.2 Å². The highest BCUT2D eigenvalue weighted by molar-refractivity contribution is 6.12. The van der Waals surface area contributed by atoms with Crippen LogP contribution in [0, 0.1) is 5.92 Å². The third-order valence-electron chi connectivity index (χ3n) is 6.10. The average Bonchev–Trinajstić information content (AvgIpc) is 2.79. The number of Topliss-reactive ketones (excluding diaryl/α,β-unsaturated/α-hetero) is 1. The number of methoxy groups -OCH3 is 1. The van der Waals surface area contributed by atoms with E-state index in [0.717, 1.165) is 5.56 Å². The summed E-state index contributed by atoms with van der Waals surface area (Å²) in [5.74, 6) is -2.85. The highest BCUT2D eigenvalue weighted by atomic mass is 16.5. The van der Waals surface area contributed by atoms with Crippen molar-refractivity contribution in [3.8, 4) is 11.5 Å². The molecule has 0 fully saturated rings. The van der Waals surface area contributed by atoms with Crippen LogP contribution in [0.1, 0.15) is 42.7 Å². The van der Waals surface area contributed by atoms with E-state index in [-0.39, 0.29) is 36.2 Å². The lowest BCUT2D eigenvalue weighted by molar-refractivity contribution is -0.152. The topological polar surface area (TPSA) is 102 Å². The van der Waals surface area contributed by atoms with Gasteiger partial charge in [0.1, 0.15) is 5.92 Å². The van der Waals surface area contributed by atoms with Gasteiger partial charge in [-0.05, 0) is 36.6 Å². The van der Waals surface area contributed by atoms with Crippen LogP contribution in [-0.2, 0) is 19.1 Å². The second-order valence-corrected chi connectivity index (χ2v) is 7.94. The van der Waals surface area contributed by atoms with E-state index >= 15 is 0 Å². The van der Waals surface area contributed by atoms with E-state index in [2.05, 4.69) is 5.32 Å². The van der Waals surface area contributed by atoms with Crippen LogP contribution in [0.5, 0.6) is 11.5 Å². The van der Waals surface area contributed by atoms with Gasteiger partial charge in [0.05, 0.1) is 13.7 Å². The SMILES string of the molecule is CCOC(=O)[C@H]1C(=O)C2=C(C[C@@H]1c1ccccc1)NC(=O)C[C@@H]2c1ccc(O)c(OC)c1. The van der Waals surface area contributed by atoms with Crippen molar-refractivity contribution in [3.63, 3.8) is 0 Å². The van der Waals surface area contributed by atoms with Gasteiger partial charge in [0, 0.05) is 29.5 Å². The molecule has 0 saturated carbocycles. The number of hydrogen-bond acceptors (Lipinski definition) is 6. The number of phenolic OH excluding ortho intramolecular Hbond substituents is 1. The van der Waals surface area contributed by atoms with Crippen molar-refractivity contribution in [1.82, 2.24) is 5.32 Å². The van der Waals surface area contributed by atoms with Crippen molar-refractivity contribution in [2.75, 3.05) is 13.7 Å². The molecule has 32 heavy (non-hydrogen) atoms. The number of carbonyl (C=O) groups is 3. The molecule has 2 aromatic carbocycles. The molecule has 0 spiro atoms. The second kappa shape index (κ2) is 8.86. The first-order chi connectivity index (χ1) is 15.4. The van der Waals surface area contributed by atoms with Crippen molar-refractivity contribution < 1.29 is 29.0 Å². The van der Waals surface area contributed by atoms with Gasteiger partial charge in [0.2, 0.25) is 5.91 Å². The molecule has 2 aliphatic rings. The number of benzene rings is 2. The molecule has 0 radical (unpaired) electrons. The second-order valence-electron chi connectivity index (χ2n) is 7.94. The molecule has 0 saturated heterocycles. The molecule has 1 heterocycles. The number of aromatic hydroxyl groups is 1. The zero-order valence-electron chi connectivity index (χ0n) is 18.0. The minimum absolute atomic E-state index is 0.0331. The Labute approximate surface area is 186 Å². The maximum absolute atomic E-state index is 13.8. The van der Waals surface area contributed by atoms with E-state index in [1.54, 1.807) is 19.1 Å². The summed E-state index contributed by atoms with van der Waals surface area (Å²) in [5, 5.41) is 12.8. The van der Waals surface area contributed by atoms with Crippen LogP contribution in [0.4, 0.5) is 0 Å². The van der Waals surface area contributed by atoms with Gasteiger partial charge >= 0.3 is 5.97 Å². The van der Waals surface area contributed by atoms with Crippen LogP contribution >= 0.6 is 0 Å². The Hall–Kier alpha value is -3.61. The third-order valence-corrected chi connectivity index (χ3v) is 6.10. The number of phenols is 1. The lowest BCUT2D eigenvalue weighted by Crippen LogP contribution is -2.44. The van der Waals surface area contributed by atoms with Gasteiger partial charge < -0.3 is 19.9 Å². The van der Waals surface area contributed by atoms with Gasteiger partial charge in [0.15, 0.2) is 17.3 Å². The van der Waals surface area contributed by atoms with Crippen molar-refractivity contribution in [3.05, 3.63) is 70.9 Å². The lowest BCUT2D eigenvalue weighted by atomic mass is 9.68. The number of nitrogens with one attached hydrogen (secondary N) is 1. The van der Waals surface area contributed by atoms with E-state index in [1.807, 2.05) is 30.3 Å². The number of allylic oxidation sites excluding steroid dienone is 2. The molecule has 7 heteroatoms. The van der Waals surface area contributed by atoms with E-state index in [0.29, 0.717) is 23.3 Å². The summed E-state index contributed by atoms with van der Waals surface area (Å²) in [6.07, 6.45) is 0.399. The summed E-state index contributed by atoms with van der Waals surface area (Å²) >= 11 is 0. The summed E-state index contributed by atoms with van der Waals surface area (Å²) in [4.78, 5) is 39.3. The largest absolute Gasteiger partial charge is 0.504 e. The molecule has 7 nitrogen and oxygen atoms in total. The molecule has 1 amide bonds. The van der Waals surface area contributed by atoms with Crippen molar-refractivity contribution in [2.24, 2.45) is 5.92 Å². The lowest BCUT2D eigenvalue weighted by Gasteiger charge is -2.38. The molecule has 2 aromatic rings. The normalized spacial score (nSPS) is 22.8. The summed E-state index contributed by atoms with van der Waals surface area (Å²) in [6.45, 7) is 1.88. The highest BCUT2D eigenvalue weighted by Gasteiger charge is 2.47. The number of hydrogen-bond donors (Lipinski definition) is 2. The van der Waals surface area contributed by atoms with E-state index < -0.39 is 23.7 Å². The third kappa shape index (κ3) is 3.86. The predicted molar refractivity (Wildman–Crippen MR) is 116 cm³/mol. The van der Waals surface area contributed by atoms with Crippen molar-refractivity contribution in [2.45, 2.75) is 31.6 Å². The molecule has 0 aromatic heterocycles. The van der Waals surface area contributed by atoms with E-state index in [9.17, 15) is 19.5 Å². The number of esters is 1. The minimum atomic E-state index is -0.993. The quantitative estimate of drug-likeness (QED) is 0.552. The summed E-state index contributed by atoms with van der Waals surface area (Å²) in [6, 6.07) is 14.1. The monoisotopic (exact) mass is 435 g/mol. The average molecular weight is 435 g/mol. The van der Waals surface area contributed by atoms with Crippen LogP contribution in [0.15, 0.2) is 59.8 Å². The zero-order valence-corrected chi connectivity index (χ0v) is 18.0. The molecule has 1 aliphatic heterocycles. The number of ketones is 1. The first-order valence-corrected chi connectivity index (χ1v) is 10.6. The molecule has 0 unspecified atom stereocenters. The fourth-order valence-corrected chi connectivity index (χ4v) is 4.66. The minimum Gasteiger partial charge on any atom is -0.504 e. The summed E-state index contributed by atoms with van der Waals surface area (Å²) in [5.41, 5.74) is 2.46. The van der Waals surface area contributed by atoms with Crippen LogP contribution in [-0.4, -0.2) is 36.5 Å². The fraction of sp³-hybridized carbons (Fsp3) is 0.320. The van der Waals surface area contributed by atoms with Gasteiger partial charge in [0.25, 0.3) is 0 Å². The van der Waals surface area contributed by atoms with Gasteiger partial charge in [-0.3, -0.25) is 14.4 Å². The number of carbonyl (C=O) groups excluding carboxylic acids is 3. The predicted octanol–water partition coefficient (Wildman–Crippen LogP) is 3.19.